The zero-order chi connectivity index (χ0) is 8.11. The maximum atomic E-state index is 11.1. The smallest absolute Gasteiger partial charge is 0.353 e. The van der Waals surface area contributed by atoms with E-state index in [1.165, 1.54) is 0 Å². The van der Waals surface area contributed by atoms with E-state index in [9.17, 15) is 4.79 Å². The predicted molar refractivity (Wildman–Crippen MR) is 36.9 cm³/mol. The molecule has 2 aliphatic rings. The largest absolute Gasteiger partial charge is 0.460 e. The van der Waals surface area contributed by atoms with Gasteiger partial charge in [0.1, 0.15) is 6.61 Å². The molecule has 2 bridgehead atoms. The van der Waals surface area contributed by atoms with Gasteiger partial charge in [-0.05, 0) is 13.8 Å². The number of hydrogen-bond acceptors (Lipinski definition) is 4. The Morgan fingerprint density at radius 3 is 2.82 bits per heavy atom. The summed E-state index contributed by atoms with van der Waals surface area (Å²) >= 11 is 0. The van der Waals surface area contributed by atoms with Crippen LogP contribution in [0.1, 0.15) is 13.8 Å². The Kier molecular flexibility index (Phi) is 1.13. The summed E-state index contributed by atoms with van der Waals surface area (Å²) in [5.74, 6) is -0.313. The third-order valence-corrected chi connectivity index (χ3v) is 2.13. The van der Waals surface area contributed by atoms with Gasteiger partial charge < -0.3 is 9.47 Å². The van der Waals surface area contributed by atoms with Crippen molar-refractivity contribution in [2.75, 3.05) is 13.2 Å². The Morgan fingerprint density at radius 2 is 2.18 bits per heavy atom. The van der Waals surface area contributed by atoms with E-state index in [1.807, 2.05) is 6.92 Å². The van der Waals surface area contributed by atoms with Crippen LogP contribution in [-0.2, 0) is 14.3 Å². The number of esters is 1. The molecule has 4 heteroatoms. The molecule has 2 atom stereocenters. The Morgan fingerprint density at radius 1 is 1.45 bits per heavy atom. The Hall–Kier alpha value is -0.610. The van der Waals surface area contributed by atoms with Gasteiger partial charge in [-0.1, -0.05) is 0 Å². The number of rotatable bonds is 0. The minimum absolute atomic E-state index is 0.178. The molecule has 4 nitrogen and oxygen atoms in total. The van der Waals surface area contributed by atoms with Gasteiger partial charge in [0.2, 0.25) is 5.72 Å². The highest BCUT2D eigenvalue weighted by molar-refractivity contribution is 5.80. The summed E-state index contributed by atoms with van der Waals surface area (Å²) in [6.07, 6.45) is 0. The quantitative estimate of drug-likeness (QED) is 0.488. The number of carbonyl (C=O) groups is 1. The third kappa shape index (κ3) is 0.862. The fourth-order valence-electron chi connectivity index (χ4n) is 1.50. The Labute approximate surface area is 64.9 Å². The van der Waals surface area contributed by atoms with Crippen LogP contribution in [0.15, 0.2) is 0 Å². The first-order valence-corrected chi connectivity index (χ1v) is 3.65. The topological polar surface area (TPSA) is 47.6 Å². The lowest BCUT2D eigenvalue weighted by molar-refractivity contribution is -0.170. The number of ether oxygens (including phenoxy) is 2. The summed E-state index contributed by atoms with van der Waals surface area (Å²) in [5, 5.41) is 3.10. The number of hydrogen-bond donors (Lipinski definition) is 1. The maximum absolute atomic E-state index is 11.1. The minimum Gasteiger partial charge on any atom is -0.460 e. The average molecular weight is 157 g/mol. The molecule has 0 aromatic heterocycles. The first-order valence-electron chi connectivity index (χ1n) is 3.65. The van der Waals surface area contributed by atoms with E-state index in [0.29, 0.717) is 13.2 Å². The second-order valence-corrected chi connectivity index (χ2v) is 3.58. The number of nitrogens with one attached hydrogen (secondary N) is 1. The highest BCUT2D eigenvalue weighted by Gasteiger charge is 2.53. The van der Waals surface area contributed by atoms with Crippen molar-refractivity contribution in [3.8, 4) is 0 Å². The van der Waals surface area contributed by atoms with Crippen LogP contribution in [0.25, 0.3) is 0 Å². The van der Waals surface area contributed by atoms with E-state index in [-0.39, 0.29) is 11.5 Å². The van der Waals surface area contributed by atoms with Crippen molar-refractivity contribution in [2.45, 2.75) is 25.1 Å². The molecular weight excluding hydrogens is 146 g/mol. The van der Waals surface area contributed by atoms with Crippen molar-refractivity contribution in [3.63, 3.8) is 0 Å². The molecule has 2 unspecified atom stereocenters. The van der Waals surface area contributed by atoms with Gasteiger partial charge in [-0.3, -0.25) is 5.32 Å². The molecule has 0 aromatic carbocycles. The van der Waals surface area contributed by atoms with Crippen LogP contribution in [0, 0.1) is 0 Å². The standard InChI is InChI=1S/C7H11NO3/c1-6-3-10-5(9)7(2,8-6)11-4-6/h8H,3-4H2,1-2H3. The van der Waals surface area contributed by atoms with Crippen molar-refractivity contribution in [1.82, 2.24) is 5.32 Å². The van der Waals surface area contributed by atoms with Gasteiger partial charge in [-0.25, -0.2) is 4.79 Å². The Balaban J connectivity index is 2.30. The van der Waals surface area contributed by atoms with Crippen LogP contribution < -0.4 is 5.32 Å². The molecule has 2 heterocycles. The molecule has 0 spiro atoms. The van der Waals surface area contributed by atoms with Crippen LogP contribution in [0.4, 0.5) is 0 Å². The third-order valence-electron chi connectivity index (χ3n) is 2.13. The summed E-state index contributed by atoms with van der Waals surface area (Å²) in [4.78, 5) is 11.1. The number of fused-ring (bicyclic) bond motifs is 2. The molecule has 0 radical (unpaired) electrons. The molecule has 0 aliphatic carbocycles. The van der Waals surface area contributed by atoms with Crippen molar-refractivity contribution in [3.05, 3.63) is 0 Å². The zero-order valence-corrected chi connectivity index (χ0v) is 6.64. The van der Waals surface area contributed by atoms with Gasteiger partial charge >= 0.3 is 5.97 Å². The normalized spacial score (nSPS) is 49.1. The summed E-state index contributed by atoms with van der Waals surface area (Å²) in [5.41, 5.74) is -1.07. The van der Waals surface area contributed by atoms with Crippen LogP contribution in [0.3, 0.4) is 0 Å². The lowest BCUT2D eigenvalue weighted by Gasteiger charge is -2.32. The maximum Gasteiger partial charge on any atom is 0.353 e. The van der Waals surface area contributed by atoms with E-state index in [0.717, 1.165) is 0 Å². The molecule has 2 rings (SSSR count). The van der Waals surface area contributed by atoms with Crippen LogP contribution in [-0.4, -0.2) is 30.4 Å². The second-order valence-electron chi connectivity index (χ2n) is 3.58. The molecule has 1 N–H and O–H groups in total. The first-order chi connectivity index (χ1) is 5.04. The number of morpholine rings is 1. The molecule has 0 saturated carbocycles. The highest BCUT2D eigenvalue weighted by Crippen LogP contribution is 2.29. The van der Waals surface area contributed by atoms with E-state index >= 15 is 0 Å². The lowest BCUT2D eigenvalue weighted by atomic mass is 10.0. The number of cyclic esters (lactones) is 1. The molecule has 62 valence electrons. The van der Waals surface area contributed by atoms with Crippen LogP contribution >= 0.6 is 0 Å². The van der Waals surface area contributed by atoms with Crippen molar-refractivity contribution in [2.24, 2.45) is 0 Å². The summed E-state index contributed by atoms with van der Waals surface area (Å²) < 4.78 is 10.2. The van der Waals surface area contributed by atoms with E-state index in [1.54, 1.807) is 6.92 Å². The van der Waals surface area contributed by atoms with Crippen molar-refractivity contribution >= 4 is 5.97 Å². The Bertz CT molecular complexity index is 218. The molecule has 11 heavy (non-hydrogen) atoms. The van der Waals surface area contributed by atoms with Crippen LogP contribution in [0.2, 0.25) is 0 Å². The van der Waals surface area contributed by atoms with Gasteiger partial charge in [0.05, 0.1) is 12.1 Å². The summed E-state index contributed by atoms with van der Waals surface area (Å²) in [6.45, 7) is 4.61. The van der Waals surface area contributed by atoms with E-state index in [2.05, 4.69) is 5.32 Å². The SMILES string of the molecule is CC12COC(=O)C(C)(N1)OC2. The number of carbonyl (C=O) groups excluding carboxylic acids is 1. The fourth-order valence-corrected chi connectivity index (χ4v) is 1.50. The van der Waals surface area contributed by atoms with Crippen LogP contribution in [0.5, 0.6) is 0 Å². The average Bonchev–Trinajstić information content (AvgIpc) is 2.20. The zero-order valence-electron chi connectivity index (χ0n) is 6.64. The molecule has 2 fully saturated rings. The summed E-state index contributed by atoms with van der Waals surface area (Å²) in [7, 11) is 0. The monoisotopic (exact) mass is 157 g/mol. The van der Waals surface area contributed by atoms with Gasteiger partial charge in [0.25, 0.3) is 0 Å². The van der Waals surface area contributed by atoms with E-state index < -0.39 is 5.72 Å². The first kappa shape index (κ1) is 7.06. The molecule has 2 saturated heterocycles. The molecule has 0 aromatic rings. The second kappa shape index (κ2) is 1.76. The molecule has 0 amide bonds. The van der Waals surface area contributed by atoms with Crippen molar-refractivity contribution in [1.29, 1.82) is 0 Å². The van der Waals surface area contributed by atoms with E-state index in [4.69, 9.17) is 9.47 Å². The van der Waals surface area contributed by atoms with Crippen molar-refractivity contribution < 1.29 is 14.3 Å². The predicted octanol–water partition coefficient (Wildman–Crippen LogP) is -0.362. The van der Waals surface area contributed by atoms with Gasteiger partial charge in [0.15, 0.2) is 0 Å². The molecule has 2 aliphatic heterocycles. The highest BCUT2D eigenvalue weighted by atomic mass is 16.6. The fraction of sp³-hybridized carbons (Fsp3) is 0.857. The minimum atomic E-state index is -0.896. The van der Waals surface area contributed by atoms with Gasteiger partial charge in [0, 0.05) is 0 Å². The lowest BCUT2D eigenvalue weighted by Crippen LogP contribution is -2.60. The summed E-state index contributed by atoms with van der Waals surface area (Å²) in [6, 6.07) is 0. The van der Waals surface area contributed by atoms with Gasteiger partial charge in [-0.2, -0.15) is 0 Å². The molecular formula is C7H11NO3. The van der Waals surface area contributed by atoms with Gasteiger partial charge in [-0.15, -0.1) is 0 Å².